The molecule has 0 fully saturated rings. The van der Waals surface area contributed by atoms with E-state index in [1.54, 1.807) is 0 Å². The van der Waals surface area contributed by atoms with Crippen molar-refractivity contribution in [3.8, 4) is 0 Å². The van der Waals surface area contributed by atoms with Crippen LogP contribution in [0.4, 0.5) is 10.5 Å². The second-order valence-corrected chi connectivity index (χ2v) is 5.53. The molecule has 0 aliphatic rings. The fourth-order valence-corrected chi connectivity index (χ4v) is 2.06. The van der Waals surface area contributed by atoms with Gasteiger partial charge in [0.15, 0.2) is 0 Å². The average molecular weight is 379 g/mol. The second kappa shape index (κ2) is 11.2. The van der Waals surface area contributed by atoms with Gasteiger partial charge in [-0.1, -0.05) is 6.58 Å². The highest BCUT2D eigenvalue weighted by molar-refractivity contribution is 5.86. The number of hydrogen-bond donors (Lipinski definition) is 3. The number of amides is 2. The van der Waals surface area contributed by atoms with Crippen LogP contribution in [0.15, 0.2) is 36.9 Å². The molecule has 0 bridgehead atoms. The zero-order valence-electron chi connectivity index (χ0n) is 14.6. The third-order valence-corrected chi connectivity index (χ3v) is 3.51. The van der Waals surface area contributed by atoms with E-state index in [4.69, 9.17) is 9.84 Å². The van der Waals surface area contributed by atoms with Crippen molar-refractivity contribution >= 4 is 23.7 Å². The molecular weight excluding hydrogens is 358 g/mol. The number of unbranched alkanes of at least 4 members (excludes halogenated alkanes) is 1. The molecule has 0 aliphatic heterocycles. The van der Waals surface area contributed by atoms with E-state index < -0.39 is 23.0 Å². The van der Waals surface area contributed by atoms with Crippen LogP contribution in [0.2, 0.25) is 0 Å². The molecular formula is C17H21N3O7. The first kappa shape index (κ1) is 21.6. The van der Waals surface area contributed by atoms with E-state index >= 15 is 0 Å². The lowest BCUT2D eigenvalue weighted by Crippen LogP contribution is -2.41. The Hall–Kier alpha value is -3.43. The van der Waals surface area contributed by atoms with Gasteiger partial charge in [0.2, 0.25) is 5.91 Å². The molecule has 0 radical (unpaired) electrons. The summed E-state index contributed by atoms with van der Waals surface area (Å²) in [6, 6.07) is 4.32. The minimum absolute atomic E-state index is 0.0848. The van der Waals surface area contributed by atoms with Gasteiger partial charge in [-0.25, -0.2) is 9.59 Å². The molecule has 3 N–H and O–H groups in total. The van der Waals surface area contributed by atoms with E-state index in [9.17, 15) is 24.5 Å². The minimum Gasteiger partial charge on any atom is -0.480 e. The van der Waals surface area contributed by atoms with Crippen molar-refractivity contribution in [2.45, 2.75) is 31.9 Å². The maximum Gasteiger partial charge on any atom is 0.408 e. The number of carboxylic acids is 1. The highest BCUT2D eigenvalue weighted by atomic mass is 16.6. The van der Waals surface area contributed by atoms with Gasteiger partial charge in [0.25, 0.3) is 5.69 Å². The van der Waals surface area contributed by atoms with Crippen molar-refractivity contribution in [3.63, 3.8) is 0 Å². The number of ether oxygens (including phenoxy) is 1. The van der Waals surface area contributed by atoms with Crippen LogP contribution in [0.1, 0.15) is 24.8 Å². The van der Waals surface area contributed by atoms with Gasteiger partial charge >= 0.3 is 12.1 Å². The molecule has 1 rings (SSSR count). The van der Waals surface area contributed by atoms with Crippen molar-refractivity contribution in [1.29, 1.82) is 0 Å². The number of aliphatic carboxylic acids is 1. The number of nitro benzene ring substituents is 1. The zero-order chi connectivity index (χ0) is 20.2. The van der Waals surface area contributed by atoms with Crippen LogP contribution >= 0.6 is 0 Å². The van der Waals surface area contributed by atoms with Gasteiger partial charge in [0.05, 0.1) is 4.92 Å². The van der Waals surface area contributed by atoms with Gasteiger partial charge in [0, 0.05) is 18.7 Å². The van der Waals surface area contributed by atoms with Gasteiger partial charge in [-0.2, -0.15) is 0 Å². The standard InChI is InChI=1S/C17H21N3O7/c1-2-15(21)18-10-4-3-5-14(16(22)23)19-17(24)27-11-12-6-8-13(9-7-12)20(25)26/h2,6-9,14H,1,3-5,10-11H2,(H,18,21)(H,19,24)(H,22,23)/t14-/m0/s1. The Morgan fingerprint density at radius 2 is 1.93 bits per heavy atom. The van der Waals surface area contributed by atoms with Gasteiger partial charge in [-0.15, -0.1) is 0 Å². The maximum atomic E-state index is 11.8. The van der Waals surface area contributed by atoms with Crippen molar-refractivity contribution in [1.82, 2.24) is 10.6 Å². The van der Waals surface area contributed by atoms with E-state index in [0.29, 0.717) is 24.9 Å². The molecule has 0 saturated heterocycles. The molecule has 0 unspecified atom stereocenters. The Kier molecular flexibility index (Phi) is 8.99. The summed E-state index contributed by atoms with van der Waals surface area (Å²) in [5, 5.41) is 24.5. The summed E-state index contributed by atoms with van der Waals surface area (Å²) >= 11 is 0. The highest BCUT2D eigenvalue weighted by Gasteiger charge is 2.20. The zero-order valence-corrected chi connectivity index (χ0v) is 14.6. The molecule has 0 heterocycles. The topological polar surface area (TPSA) is 148 Å². The first-order valence-electron chi connectivity index (χ1n) is 8.13. The predicted octanol–water partition coefficient (Wildman–Crippen LogP) is 1.75. The van der Waals surface area contributed by atoms with E-state index in [-0.39, 0.29) is 24.6 Å². The summed E-state index contributed by atoms with van der Waals surface area (Å²) in [7, 11) is 0. The van der Waals surface area contributed by atoms with Gasteiger partial charge in [-0.3, -0.25) is 14.9 Å². The van der Waals surface area contributed by atoms with Crippen LogP contribution in [0.25, 0.3) is 0 Å². The molecule has 146 valence electrons. The Bertz CT molecular complexity index is 688. The third-order valence-electron chi connectivity index (χ3n) is 3.51. The first-order chi connectivity index (χ1) is 12.8. The molecule has 0 aromatic heterocycles. The summed E-state index contributed by atoms with van der Waals surface area (Å²) in [6.07, 6.45) is 1.43. The van der Waals surface area contributed by atoms with E-state index in [1.165, 1.54) is 24.3 Å². The Morgan fingerprint density at radius 1 is 1.26 bits per heavy atom. The fraction of sp³-hybridized carbons (Fsp3) is 0.353. The number of nitrogens with zero attached hydrogens (tertiary/aromatic N) is 1. The molecule has 1 atom stereocenters. The largest absolute Gasteiger partial charge is 0.480 e. The Morgan fingerprint density at radius 3 is 2.48 bits per heavy atom. The number of carboxylic acid groups (broad SMARTS) is 1. The molecule has 1 aromatic rings. The number of carbonyl (C=O) groups is 3. The van der Waals surface area contributed by atoms with E-state index in [1.807, 2.05) is 0 Å². The number of benzene rings is 1. The summed E-state index contributed by atoms with van der Waals surface area (Å²) in [5.41, 5.74) is 0.444. The molecule has 1 aromatic carbocycles. The molecule has 10 heteroatoms. The molecule has 10 nitrogen and oxygen atoms in total. The van der Waals surface area contributed by atoms with Crippen LogP contribution in [0.3, 0.4) is 0 Å². The molecule has 0 spiro atoms. The third kappa shape index (κ3) is 8.47. The van der Waals surface area contributed by atoms with Crippen LogP contribution in [0.5, 0.6) is 0 Å². The van der Waals surface area contributed by atoms with Gasteiger partial charge < -0.3 is 20.5 Å². The number of nitrogens with one attached hydrogen (secondary N) is 2. The van der Waals surface area contributed by atoms with E-state index in [0.717, 1.165) is 6.08 Å². The maximum absolute atomic E-state index is 11.8. The number of nitro groups is 1. The SMILES string of the molecule is C=CC(=O)NCCCC[C@H](NC(=O)OCc1ccc([N+](=O)[O-])cc1)C(=O)O. The van der Waals surface area contributed by atoms with Crippen LogP contribution in [-0.2, 0) is 20.9 Å². The average Bonchev–Trinajstić information content (AvgIpc) is 2.65. The summed E-state index contributed by atoms with van der Waals surface area (Å²) < 4.78 is 4.93. The number of non-ortho nitro benzene ring substituents is 1. The first-order valence-corrected chi connectivity index (χ1v) is 8.13. The monoisotopic (exact) mass is 379 g/mol. The second-order valence-electron chi connectivity index (χ2n) is 5.53. The van der Waals surface area contributed by atoms with Crippen LogP contribution in [0, 0.1) is 10.1 Å². The van der Waals surface area contributed by atoms with Gasteiger partial charge in [-0.05, 0) is 43.0 Å². The number of hydrogen-bond acceptors (Lipinski definition) is 6. The van der Waals surface area contributed by atoms with E-state index in [2.05, 4.69) is 17.2 Å². The lowest BCUT2D eigenvalue weighted by atomic mass is 10.1. The van der Waals surface area contributed by atoms with Gasteiger partial charge in [0.1, 0.15) is 12.6 Å². The normalized spacial score (nSPS) is 11.1. The summed E-state index contributed by atoms with van der Waals surface area (Å²) in [6.45, 7) is 3.54. The number of carbonyl (C=O) groups excluding carboxylic acids is 2. The van der Waals surface area contributed by atoms with Crippen molar-refractivity contribution < 1.29 is 29.2 Å². The van der Waals surface area contributed by atoms with Crippen LogP contribution < -0.4 is 10.6 Å². The molecule has 0 saturated carbocycles. The number of alkyl carbamates (subject to hydrolysis) is 1. The highest BCUT2D eigenvalue weighted by Crippen LogP contribution is 2.12. The Labute approximate surface area is 155 Å². The van der Waals surface area contributed by atoms with Crippen molar-refractivity contribution in [2.75, 3.05) is 6.54 Å². The lowest BCUT2D eigenvalue weighted by Gasteiger charge is -2.14. The quantitative estimate of drug-likeness (QED) is 0.229. The Balaban J connectivity index is 2.37. The lowest BCUT2D eigenvalue weighted by molar-refractivity contribution is -0.384. The predicted molar refractivity (Wildman–Crippen MR) is 94.9 cm³/mol. The number of rotatable bonds is 11. The van der Waals surface area contributed by atoms with Crippen LogP contribution in [-0.4, -0.2) is 40.6 Å². The fourth-order valence-electron chi connectivity index (χ4n) is 2.06. The van der Waals surface area contributed by atoms with Crippen molar-refractivity contribution in [3.05, 3.63) is 52.6 Å². The summed E-state index contributed by atoms with van der Waals surface area (Å²) in [4.78, 5) is 44.0. The summed E-state index contributed by atoms with van der Waals surface area (Å²) in [5.74, 6) is -1.50. The molecule has 2 amide bonds. The molecule has 27 heavy (non-hydrogen) atoms. The minimum atomic E-state index is -1.20. The smallest absolute Gasteiger partial charge is 0.408 e. The van der Waals surface area contributed by atoms with Crippen molar-refractivity contribution in [2.24, 2.45) is 0 Å². The molecule has 0 aliphatic carbocycles.